The van der Waals surface area contributed by atoms with Crippen LogP contribution in [0.2, 0.25) is 0 Å². The van der Waals surface area contributed by atoms with Crippen LogP contribution in [0.15, 0.2) is 0 Å². The van der Waals surface area contributed by atoms with Crippen LogP contribution in [-0.2, 0) is 4.79 Å². The van der Waals surface area contributed by atoms with Gasteiger partial charge in [-0.1, -0.05) is 32.1 Å². The molecule has 0 bridgehead atoms. The minimum absolute atomic E-state index is 0.0102. The number of rotatable bonds is 5. The fourth-order valence-corrected chi connectivity index (χ4v) is 2.32. The summed E-state index contributed by atoms with van der Waals surface area (Å²) in [6.45, 7) is -0.0102. The SMILES string of the molecule is O=C(O)[C@H](CCO)CC1CCCCC1. The fraction of sp³-hybridized carbons (Fsp3) is 0.909. The van der Waals surface area contributed by atoms with E-state index in [2.05, 4.69) is 0 Å². The molecule has 1 fully saturated rings. The molecule has 0 amide bonds. The van der Waals surface area contributed by atoms with Crippen molar-refractivity contribution in [2.75, 3.05) is 6.61 Å². The van der Waals surface area contributed by atoms with Crippen molar-refractivity contribution in [2.24, 2.45) is 11.8 Å². The Morgan fingerprint density at radius 3 is 2.43 bits per heavy atom. The minimum atomic E-state index is -0.746. The van der Waals surface area contributed by atoms with Crippen LogP contribution in [0.5, 0.6) is 0 Å². The van der Waals surface area contributed by atoms with E-state index in [0.29, 0.717) is 12.3 Å². The van der Waals surface area contributed by atoms with Gasteiger partial charge < -0.3 is 10.2 Å². The summed E-state index contributed by atoms with van der Waals surface area (Å²) in [6.07, 6.45) is 7.31. The van der Waals surface area contributed by atoms with Crippen molar-refractivity contribution in [3.05, 3.63) is 0 Å². The summed E-state index contributed by atoms with van der Waals surface area (Å²) in [5, 5.41) is 17.7. The molecular weight excluding hydrogens is 180 g/mol. The van der Waals surface area contributed by atoms with Gasteiger partial charge in [-0.25, -0.2) is 0 Å². The van der Waals surface area contributed by atoms with Crippen molar-refractivity contribution < 1.29 is 15.0 Å². The highest BCUT2D eigenvalue weighted by atomic mass is 16.4. The third-order valence-corrected chi connectivity index (χ3v) is 3.17. The third kappa shape index (κ3) is 3.66. The van der Waals surface area contributed by atoms with E-state index in [-0.39, 0.29) is 12.5 Å². The van der Waals surface area contributed by atoms with Gasteiger partial charge in [0.15, 0.2) is 0 Å². The van der Waals surface area contributed by atoms with Gasteiger partial charge in [-0.2, -0.15) is 0 Å². The van der Waals surface area contributed by atoms with E-state index in [0.717, 1.165) is 6.42 Å². The summed E-state index contributed by atoms with van der Waals surface area (Å²) in [7, 11) is 0. The number of hydrogen-bond donors (Lipinski definition) is 2. The number of carboxylic acid groups (broad SMARTS) is 1. The van der Waals surface area contributed by atoms with Gasteiger partial charge >= 0.3 is 5.97 Å². The molecule has 1 rings (SSSR count). The maximum Gasteiger partial charge on any atom is 0.306 e. The maximum atomic E-state index is 10.9. The molecule has 1 aliphatic carbocycles. The molecule has 82 valence electrons. The second kappa shape index (κ2) is 6.02. The molecule has 1 saturated carbocycles. The fourth-order valence-electron chi connectivity index (χ4n) is 2.32. The molecule has 1 aliphatic rings. The number of carboxylic acids is 1. The van der Waals surface area contributed by atoms with Crippen LogP contribution in [0.4, 0.5) is 0 Å². The Morgan fingerprint density at radius 2 is 1.93 bits per heavy atom. The first-order valence-corrected chi connectivity index (χ1v) is 5.57. The number of aliphatic carboxylic acids is 1. The van der Waals surface area contributed by atoms with Gasteiger partial charge in [0.05, 0.1) is 5.92 Å². The first-order valence-electron chi connectivity index (χ1n) is 5.57. The Morgan fingerprint density at radius 1 is 1.29 bits per heavy atom. The lowest BCUT2D eigenvalue weighted by atomic mass is 9.82. The van der Waals surface area contributed by atoms with Crippen LogP contribution in [0.1, 0.15) is 44.9 Å². The maximum absolute atomic E-state index is 10.9. The van der Waals surface area contributed by atoms with Crippen LogP contribution in [0.3, 0.4) is 0 Å². The lowest BCUT2D eigenvalue weighted by molar-refractivity contribution is -0.143. The second-order valence-electron chi connectivity index (χ2n) is 4.29. The summed E-state index contributed by atoms with van der Waals surface area (Å²) in [5.41, 5.74) is 0. The zero-order valence-electron chi connectivity index (χ0n) is 8.61. The molecule has 0 heterocycles. The van der Waals surface area contributed by atoms with E-state index in [1.165, 1.54) is 32.1 Å². The van der Waals surface area contributed by atoms with Crippen LogP contribution in [0, 0.1) is 11.8 Å². The van der Waals surface area contributed by atoms with Gasteiger partial charge in [-0.15, -0.1) is 0 Å². The van der Waals surface area contributed by atoms with E-state index in [4.69, 9.17) is 10.2 Å². The zero-order chi connectivity index (χ0) is 10.4. The normalized spacial score (nSPS) is 20.6. The summed E-state index contributed by atoms with van der Waals surface area (Å²) in [4.78, 5) is 10.9. The standard InChI is InChI=1S/C11H20O3/c12-7-6-10(11(13)14)8-9-4-2-1-3-5-9/h9-10,12H,1-8H2,(H,13,14)/t10-/m1/s1. The van der Waals surface area contributed by atoms with Crippen LogP contribution >= 0.6 is 0 Å². The monoisotopic (exact) mass is 200 g/mol. The van der Waals surface area contributed by atoms with Crippen molar-refractivity contribution in [1.29, 1.82) is 0 Å². The van der Waals surface area contributed by atoms with Crippen molar-refractivity contribution in [2.45, 2.75) is 44.9 Å². The van der Waals surface area contributed by atoms with Gasteiger partial charge in [-0.05, 0) is 18.8 Å². The largest absolute Gasteiger partial charge is 0.481 e. The zero-order valence-corrected chi connectivity index (χ0v) is 8.61. The van der Waals surface area contributed by atoms with Crippen LogP contribution in [-0.4, -0.2) is 22.8 Å². The van der Waals surface area contributed by atoms with Gasteiger partial charge in [0.25, 0.3) is 0 Å². The van der Waals surface area contributed by atoms with E-state index >= 15 is 0 Å². The van der Waals surface area contributed by atoms with Crippen molar-refractivity contribution in [3.63, 3.8) is 0 Å². The average molecular weight is 200 g/mol. The molecule has 0 aromatic heterocycles. The van der Waals surface area contributed by atoms with E-state index < -0.39 is 5.97 Å². The summed E-state index contributed by atoms with van der Waals surface area (Å²) in [5.74, 6) is -0.496. The van der Waals surface area contributed by atoms with E-state index in [9.17, 15) is 4.79 Å². The molecule has 0 spiro atoms. The molecule has 2 N–H and O–H groups in total. The molecule has 0 aromatic rings. The Kier molecular flexibility index (Phi) is 4.94. The minimum Gasteiger partial charge on any atom is -0.481 e. The lowest BCUT2D eigenvalue weighted by Gasteiger charge is -2.24. The predicted molar refractivity (Wildman–Crippen MR) is 54.0 cm³/mol. The highest BCUT2D eigenvalue weighted by Gasteiger charge is 2.23. The average Bonchev–Trinajstić information content (AvgIpc) is 2.18. The van der Waals surface area contributed by atoms with Gasteiger partial charge in [0.2, 0.25) is 0 Å². The molecule has 3 heteroatoms. The van der Waals surface area contributed by atoms with Crippen molar-refractivity contribution >= 4 is 5.97 Å². The lowest BCUT2D eigenvalue weighted by Crippen LogP contribution is -2.20. The first kappa shape index (κ1) is 11.5. The number of aliphatic hydroxyl groups is 1. The number of aliphatic hydroxyl groups excluding tert-OH is 1. The molecule has 0 saturated heterocycles. The summed E-state index contributed by atoms with van der Waals surface area (Å²) >= 11 is 0. The summed E-state index contributed by atoms with van der Waals surface area (Å²) in [6, 6.07) is 0. The molecule has 3 nitrogen and oxygen atoms in total. The predicted octanol–water partition coefficient (Wildman–Crippen LogP) is 2.04. The first-order chi connectivity index (χ1) is 6.74. The number of hydrogen-bond acceptors (Lipinski definition) is 2. The van der Waals surface area contributed by atoms with E-state index in [1.54, 1.807) is 0 Å². The molecule has 1 atom stereocenters. The Bertz CT molecular complexity index is 173. The Labute approximate surface area is 85.1 Å². The quantitative estimate of drug-likeness (QED) is 0.714. The topological polar surface area (TPSA) is 57.5 Å². The van der Waals surface area contributed by atoms with Gasteiger partial charge in [0.1, 0.15) is 0 Å². The molecule has 0 aromatic carbocycles. The molecule has 0 radical (unpaired) electrons. The van der Waals surface area contributed by atoms with Gasteiger partial charge in [-0.3, -0.25) is 4.79 Å². The summed E-state index contributed by atoms with van der Waals surface area (Å²) < 4.78 is 0. The highest BCUT2D eigenvalue weighted by molar-refractivity contribution is 5.69. The van der Waals surface area contributed by atoms with E-state index in [1.807, 2.05) is 0 Å². The van der Waals surface area contributed by atoms with Gasteiger partial charge in [0, 0.05) is 6.61 Å². The molecule has 0 unspecified atom stereocenters. The van der Waals surface area contributed by atoms with Crippen LogP contribution < -0.4 is 0 Å². The Hall–Kier alpha value is -0.570. The smallest absolute Gasteiger partial charge is 0.306 e. The highest BCUT2D eigenvalue weighted by Crippen LogP contribution is 2.30. The van der Waals surface area contributed by atoms with Crippen molar-refractivity contribution in [3.8, 4) is 0 Å². The molecule has 0 aliphatic heterocycles. The van der Waals surface area contributed by atoms with Crippen molar-refractivity contribution in [1.82, 2.24) is 0 Å². The second-order valence-corrected chi connectivity index (χ2v) is 4.29. The molecule has 14 heavy (non-hydrogen) atoms. The molecular formula is C11H20O3. The number of carbonyl (C=O) groups is 1. The van der Waals surface area contributed by atoms with Crippen LogP contribution in [0.25, 0.3) is 0 Å². The third-order valence-electron chi connectivity index (χ3n) is 3.17. The Balaban J connectivity index is 2.33.